The van der Waals surface area contributed by atoms with Crippen molar-refractivity contribution in [1.29, 1.82) is 0 Å². The summed E-state index contributed by atoms with van der Waals surface area (Å²) in [6.45, 7) is 7.77. The highest BCUT2D eigenvalue weighted by atomic mass is 16.4. The number of nitrogens with zero attached hydrogens (tertiary/aromatic N) is 2. The minimum atomic E-state index is -0.0686. The second-order valence-electron chi connectivity index (χ2n) is 7.03. The van der Waals surface area contributed by atoms with Crippen molar-refractivity contribution >= 4 is 34.0 Å². The zero-order chi connectivity index (χ0) is 19.7. The molecule has 4 rings (SSSR count). The summed E-state index contributed by atoms with van der Waals surface area (Å²) in [5.41, 5.74) is 4.40. The van der Waals surface area contributed by atoms with Crippen LogP contribution in [0.1, 0.15) is 39.2 Å². The van der Waals surface area contributed by atoms with Gasteiger partial charge in [0.15, 0.2) is 11.0 Å². The molecule has 4 nitrogen and oxygen atoms in total. The Hall–Kier alpha value is -3.01. The summed E-state index contributed by atoms with van der Waals surface area (Å²) in [5, 5.41) is 2.43. The smallest absolute Gasteiger partial charge is 0.296 e. The number of aromatic nitrogens is 2. The fourth-order valence-corrected chi connectivity index (χ4v) is 3.91. The van der Waals surface area contributed by atoms with E-state index in [0.717, 1.165) is 24.9 Å². The molecule has 2 heterocycles. The largest absolute Gasteiger partial charge is 0.435 e. The maximum absolute atomic E-state index is 12.7. The molecule has 0 saturated heterocycles. The second kappa shape index (κ2) is 7.55. The quantitative estimate of drug-likeness (QED) is 0.530. The predicted octanol–water partition coefficient (Wildman–Crippen LogP) is 4.00. The lowest BCUT2D eigenvalue weighted by Gasteiger charge is -2.02. The molecule has 0 bridgehead atoms. The number of para-hydroxylation sites is 1. The van der Waals surface area contributed by atoms with E-state index in [1.807, 2.05) is 19.1 Å². The van der Waals surface area contributed by atoms with Gasteiger partial charge in [0, 0.05) is 34.9 Å². The van der Waals surface area contributed by atoms with Crippen molar-refractivity contribution in [3.63, 3.8) is 0 Å². The maximum Gasteiger partial charge on any atom is 0.296 e. The first-order valence-corrected chi connectivity index (χ1v) is 10.1. The average Bonchev–Trinajstić information content (AvgIpc) is 3.20. The van der Waals surface area contributed by atoms with Crippen LogP contribution >= 0.6 is 0 Å². The number of unbranched alkanes of at least 4 members (excludes halogenated alkanes) is 1. The Balaban J connectivity index is 1.93. The Labute approximate surface area is 164 Å². The summed E-state index contributed by atoms with van der Waals surface area (Å²) >= 11 is 0. The molecule has 0 unspecified atom stereocenters. The minimum Gasteiger partial charge on any atom is -0.435 e. The van der Waals surface area contributed by atoms with E-state index >= 15 is 0 Å². The highest BCUT2D eigenvalue weighted by Gasteiger charge is 2.10. The molecule has 0 saturated carbocycles. The van der Waals surface area contributed by atoms with E-state index in [2.05, 4.69) is 60.9 Å². The molecule has 2 aromatic carbocycles. The molecule has 4 aromatic rings. The van der Waals surface area contributed by atoms with Gasteiger partial charge in [-0.25, -0.2) is 0 Å². The number of rotatable bonds is 5. The topological polar surface area (TPSA) is 40.1 Å². The zero-order valence-corrected chi connectivity index (χ0v) is 16.7. The van der Waals surface area contributed by atoms with Crippen LogP contribution in [0.15, 0.2) is 51.7 Å². The molecule has 4 heteroatoms. The van der Waals surface area contributed by atoms with E-state index < -0.39 is 0 Å². The van der Waals surface area contributed by atoms with Crippen LogP contribution in [0.3, 0.4) is 0 Å². The van der Waals surface area contributed by atoms with Gasteiger partial charge < -0.3 is 8.98 Å². The van der Waals surface area contributed by atoms with Crippen LogP contribution in [0.25, 0.3) is 34.0 Å². The number of hydrogen-bond acceptors (Lipinski definition) is 2. The maximum atomic E-state index is 12.7. The molecule has 0 fully saturated rings. The van der Waals surface area contributed by atoms with Gasteiger partial charge in [-0.2, -0.15) is 0 Å². The third-order valence-electron chi connectivity index (χ3n) is 5.27. The lowest BCUT2D eigenvalue weighted by Crippen LogP contribution is -2.30. The molecule has 0 radical (unpaired) electrons. The van der Waals surface area contributed by atoms with Crippen molar-refractivity contribution in [2.75, 3.05) is 0 Å². The van der Waals surface area contributed by atoms with Crippen LogP contribution in [-0.2, 0) is 13.1 Å². The SMILES string of the molecule is CCCC=c1oc(=Cc2ccc3c(c2)c2ccccc2n3CC)c(=O)n1CC. The van der Waals surface area contributed by atoms with E-state index in [1.165, 1.54) is 21.8 Å². The van der Waals surface area contributed by atoms with E-state index in [9.17, 15) is 4.79 Å². The van der Waals surface area contributed by atoms with Crippen LogP contribution in [0.4, 0.5) is 0 Å². The lowest BCUT2D eigenvalue weighted by atomic mass is 10.1. The normalized spacial score (nSPS) is 13.2. The molecule has 28 heavy (non-hydrogen) atoms. The highest BCUT2D eigenvalue weighted by molar-refractivity contribution is 6.08. The van der Waals surface area contributed by atoms with Crippen molar-refractivity contribution in [3.05, 3.63) is 69.3 Å². The van der Waals surface area contributed by atoms with E-state index in [0.29, 0.717) is 17.5 Å². The summed E-state index contributed by atoms with van der Waals surface area (Å²) in [7, 11) is 0. The van der Waals surface area contributed by atoms with E-state index in [1.54, 1.807) is 4.57 Å². The molecule has 0 aliphatic rings. The van der Waals surface area contributed by atoms with Gasteiger partial charge in [-0.05, 0) is 56.2 Å². The van der Waals surface area contributed by atoms with Crippen LogP contribution in [0.5, 0.6) is 0 Å². The van der Waals surface area contributed by atoms with Crippen molar-refractivity contribution in [3.8, 4) is 0 Å². The first kappa shape index (κ1) is 18.4. The van der Waals surface area contributed by atoms with Crippen molar-refractivity contribution in [2.24, 2.45) is 0 Å². The first-order valence-electron chi connectivity index (χ1n) is 10.1. The third-order valence-corrected chi connectivity index (χ3v) is 5.27. The van der Waals surface area contributed by atoms with E-state index in [-0.39, 0.29) is 5.56 Å². The molecular formula is C24H26N2O2. The summed E-state index contributed by atoms with van der Waals surface area (Å²) < 4.78 is 9.92. The molecule has 0 N–H and O–H groups in total. The van der Waals surface area contributed by atoms with Crippen LogP contribution in [-0.4, -0.2) is 9.13 Å². The summed E-state index contributed by atoms with van der Waals surface area (Å²) in [4.78, 5) is 12.7. The summed E-state index contributed by atoms with van der Waals surface area (Å²) in [5.74, 6) is 0. The van der Waals surface area contributed by atoms with Gasteiger partial charge in [0.2, 0.25) is 0 Å². The molecule has 0 aliphatic heterocycles. The predicted molar refractivity (Wildman–Crippen MR) is 116 cm³/mol. The standard InChI is InChI=1S/C24H26N2O2/c1-4-7-12-23-26(6-3)24(27)22(28-23)16-17-13-14-21-19(15-17)18-10-8-9-11-20(18)25(21)5-2/h8-16H,4-7H2,1-3H3. The third kappa shape index (κ3) is 2.99. The molecule has 2 aromatic heterocycles. The van der Waals surface area contributed by atoms with Gasteiger partial charge in [0.1, 0.15) is 0 Å². The number of fused-ring (bicyclic) bond motifs is 3. The molecular weight excluding hydrogens is 348 g/mol. The number of hydrogen-bond donors (Lipinski definition) is 0. The Morgan fingerprint density at radius 3 is 2.43 bits per heavy atom. The minimum absolute atomic E-state index is 0.0686. The summed E-state index contributed by atoms with van der Waals surface area (Å²) in [6, 6.07) is 14.8. The van der Waals surface area contributed by atoms with Crippen LogP contribution in [0, 0.1) is 0 Å². The lowest BCUT2D eigenvalue weighted by molar-refractivity contribution is 0.465. The Morgan fingerprint density at radius 2 is 1.68 bits per heavy atom. The average molecular weight is 374 g/mol. The van der Waals surface area contributed by atoms with Crippen molar-refractivity contribution < 1.29 is 4.42 Å². The van der Waals surface area contributed by atoms with Gasteiger partial charge in [-0.3, -0.25) is 9.36 Å². The number of benzene rings is 2. The van der Waals surface area contributed by atoms with Gasteiger partial charge in [0.05, 0.1) is 0 Å². The second-order valence-corrected chi connectivity index (χ2v) is 7.03. The van der Waals surface area contributed by atoms with Gasteiger partial charge in [0.25, 0.3) is 5.56 Å². The Bertz CT molecular complexity index is 1320. The fraction of sp³-hybridized carbons (Fsp3) is 0.292. The van der Waals surface area contributed by atoms with Gasteiger partial charge in [-0.1, -0.05) is 37.6 Å². The molecule has 0 atom stereocenters. The van der Waals surface area contributed by atoms with Crippen LogP contribution in [0.2, 0.25) is 0 Å². The number of aryl methyl sites for hydroxylation is 1. The first-order chi connectivity index (χ1) is 13.7. The molecule has 0 spiro atoms. The zero-order valence-electron chi connectivity index (χ0n) is 16.7. The van der Waals surface area contributed by atoms with Crippen molar-refractivity contribution in [1.82, 2.24) is 9.13 Å². The Kier molecular flexibility index (Phi) is 4.95. The van der Waals surface area contributed by atoms with E-state index in [4.69, 9.17) is 4.42 Å². The van der Waals surface area contributed by atoms with Crippen LogP contribution < -0.4 is 16.5 Å². The molecule has 144 valence electrons. The summed E-state index contributed by atoms with van der Waals surface area (Å²) in [6.07, 6.45) is 5.78. The number of oxazole rings is 1. The Morgan fingerprint density at radius 1 is 0.929 bits per heavy atom. The van der Waals surface area contributed by atoms with Crippen molar-refractivity contribution in [2.45, 2.75) is 46.7 Å². The molecule has 0 amide bonds. The highest BCUT2D eigenvalue weighted by Crippen LogP contribution is 2.29. The van der Waals surface area contributed by atoms with Gasteiger partial charge in [-0.15, -0.1) is 0 Å². The molecule has 0 aliphatic carbocycles. The fourth-order valence-electron chi connectivity index (χ4n) is 3.91. The van der Waals surface area contributed by atoms with Gasteiger partial charge >= 0.3 is 0 Å². The monoisotopic (exact) mass is 374 g/mol.